The van der Waals surface area contributed by atoms with Crippen LogP contribution in [0.2, 0.25) is 0 Å². The lowest BCUT2D eigenvalue weighted by Gasteiger charge is -2.25. The summed E-state index contributed by atoms with van der Waals surface area (Å²) in [5.41, 5.74) is 15.2. The van der Waals surface area contributed by atoms with Crippen LogP contribution in [0.25, 0.3) is 55.0 Å². The van der Waals surface area contributed by atoms with E-state index in [1.54, 1.807) is 0 Å². The first-order valence-corrected chi connectivity index (χ1v) is 22.7. The van der Waals surface area contributed by atoms with E-state index in [9.17, 15) is 0 Å². The van der Waals surface area contributed by atoms with Gasteiger partial charge in [0.05, 0.1) is 22.1 Å². The molecule has 5 aromatic carbocycles. The third-order valence-electron chi connectivity index (χ3n) is 13.1. The molecule has 0 unspecified atom stereocenters. The molecule has 4 heteroatoms. The zero-order chi connectivity index (χ0) is 43.8. The Kier molecular flexibility index (Phi) is 11.6. The molecule has 0 fully saturated rings. The molecule has 0 bridgehead atoms. The predicted octanol–water partition coefficient (Wildman–Crippen LogP) is 15.6. The fourth-order valence-corrected chi connectivity index (χ4v) is 9.30. The van der Waals surface area contributed by atoms with E-state index < -0.39 is 0 Å². The molecule has 60 heavy (non-hydrogen) atoms. The van der Waals surface area contributed by atoms with Gasteiger partial charge in [0.1, 0.15) is 0 Å². The molecule has 0 radical (unpaired) electrons. The number of rotatable bonds is 10. The Morgan fingerprint density at radius 1 is 0.283 bits per heavy atom. The second-order valence-corrected chi connectivity index (χ2v) is 20.2. The highest BCUT2D eigenvalue weighted by molar-refractivity contribution is 6.06. The lowest BCUT2D eigenvalue weighted by atomic mass is 9.88. The molecular weight excluding hydrogens is 733 g/mol. The van der Waals surface area contributed by atoms with Crippen LogP contribution in [-0.4, -0.2) is 9.13 Å². The summed E-state index contributed by atoms with van der Waals surface area (Å²) in [6.07, 6.45) is 0. The minimum absolute atomic E-state index is 0.00428. The lowest BCUT2D eigenvalue weighted by Crippen LogP contribution is -2.17. The van der Waals surface area contributed by atoms with E-state index in [4.69, 9.17) is 0 Å². The molecule has 7 aromatic rings. The first-order valence-electron chi connectivity index (χ1n) is 22.7. The summed E-state index contributed by atoms with van der Waals surface area (Å²) in [7, 11) is 0. The van der Waals surface area contributed by atoms with Gasteiger partial charge < -0.3 is 9.13 Å². The van der Waals surface area contributed by atoms with Gasteiger partial charge in [0.25, 0.3) is 0 Å². The van der Waals surface area contributed by atoms with Gasteiger partial charge in [-0.1, -0.05) is 123 Å². The van der Waals surface area contributed by atoms with Crippen molar-refractivity contribution in [3.05, 3.63) is 138 Å². The van der Waals surface area contributed by atoms with Crippen molar-refractivity contribution in [1.29, 1.82) is 0 Å². The summed E-state index contributed by atoms with van der Waals surface area (Å²) in [4.78, 5) is 30.7. The van der Waals surface area contributed by atoms with Crippen LogP contribution < -0.4 is 10.9 Å². The van der Waals surface area contributed by atoms with Gasteiger partial charge in [0, 0.05) is 32.9 Å². The van der Waals surface area contributed by atoms with E-state index >= 15 is 9.59 Å². The SMILES string of the molecule is CC(C)c1cc(C(C)C)cc(-n2c3cc(C(C)C)c(C(C)C)cc3c(=O)c3cc4c(cc32)c(=O)c2cc(C(C)C)c(C(C)C)cc2n4-c2cc(C(C)C)cc(C(C)C)c2)c1. The maximum absolute atomic E-state index is 15.4. The van der Waals surface area contributed by atoms with Gasteiger partial charge in [-0.15, -0.1) is 0 Å². The van der Waals surface area contributed by atoms with Crippen LogP contribution in [0.3, 0.4) is 0 Å². The Labute approximate surface area is 358 Å². The summed E-state index contributed by atoms with van der Waals surface area (Å²) in [6, 6.07) is 26.8. The first-order chi connectivity index (χ1) is 28.2. The minimum Gasteiger partial charge on any atom is -0.309 e. The highest BCUT2D eigenvalue weighted by Crippen LogP contribution is 2.38. The summed E-state index contributed by atoms with van der Waals surface area (Å²) < 4.78 is 4.59. The summed E-state index contributed by atoms with van der Waals surface area (Å²) in [5, 5.41) is 2.64. The zero-order valence-corrected chi connectivity index (χ0v) is 39.3. The molecule has 0 atom stereocenters. The highest BCUT2D eigenvalue weighted by Gasteiger charge is 2.24. The van der Waals surface area contributed by atoms with Crippen molar-refractivity contribution in [3.8, 4) is 11.4 Å². The van der Waals surface area contributed by atoms with E-state index in [2.05, 4.69) is 181 Å². The molecule has 314 valence electrons. The second-order valence-electron chi connectivity index (χ2n) is 20.2. The standard InChI is InChI=1S/C56H68N2O2/c1-29(2)37-17-38(30(3)4)20-41(19-37)57-51-25-45(35(13)14)43(33(9)10)23-47(51)55(59)49-28-54-50(27-53(49)57)56(60)48-24-44(34(11)12)46(36(15)16)26-52(48)58(54)42-21-39(31(5)6)18-40(22-42)32(7)8/h17-36H,1-16H3. The van der Waals surface area contributed by atoms with E-state index in [1.165, 1.54) is 44.5 Å². The second kappa shape index (κ2) is 16.1. The number of hydrogen-bond acceptors (Lipinski definition) is 2. The third kappa shape index (κ3) is 7.43. The Morgan fingerprint density at radius 2 is 0.517 bits per heavy atom. The predicted molar refractivity (Wildman–Crippen MR) is 260 cm³/mol. The zero-order valence-electron chi connectivity index (χ0n) is 39.3. The van der Waals surface area contributed by atoms with Crippen LogP contribution in [-0.2, 0) is 0 Å². The molecule has 0 aliphatic rings. The van der Waals surface area contributed by atoms with Crippen LogP contribution in [0, 0.1) is 0 Å². The summed E-state index contributed by atoms with van der Waals surface area (Å²) >= 11 is 0. The van der Waals surface area contributed by atoms with Crippen molar-refractivity contribution in [2.75, 3.05) is 0 Å². The van der Waals surface area contributed by atoms with Gasteiger partial charge in [0.2, 0.25) is 0 Å². The maximum atomic E-state index is 15.4. The number of hydrogen-bond donors (Lipinski definition) is 0. The topological polar surface area (TPSA) is 44.0 Å². The smallest absolute Gasteiger partial charge is 0.197 e. The van der Waals surface area contributed by atoms with E-state index in [0.29, 0.717) is 45.2 Å². The van der Waals surface area contributed by atoms with E-state index in [-0.39, 0.29) is 34.5 Å². The normalized spacial score (nSPS) is 12.7. The third-order valence-corrected chi connectivity index (χ3v) is 13.1. The average molecular weight is 801 g/mol. The highest BCUT2D eigenvalue weighted by atomic mass is 16.1. The molecule has 0 amide bonds. The molecule has 2 heterocycles. The van der Waals surface area contributed by atoms with E-state index in [0.717, 1.165) is 33.4 Å². The van der Waals surface area contributed by atoms with Crippen LogP contribution in [0.1, 0.15) is 203 Å². The van der Waals surface area contributed by atoms with Crippen LogP contribution in [0.15, 0.2) is 82.4 Å². The lowest BCUT2D eigenvalue weighted by molar-refractivity contribution is 0.792. The van der Waals surface area contributed by atoms with Crippen molar-refractivity contribution >= 4 is 43.6 Å². The monoisotopic (exact) mass is 801 g/mol. The minimum atomic E-state index is -0.00428. The maximum Gasteiger partial charge on any atom is 0.197 e. The summed E-state index contributed by atoms with van der Waals surface area (Å²) in [6.45, 7) is 35.8. The quantitative estimate of drug-likeness (QED) is 0.129. The fourth-order valence-electron chi connectivity index (χ4n) is 9.30. The largest absolute Gasteiger partial charge is 0.309 e. The van der Waals surface area contributed by atoms with Crippen molar-refractivity contribution in [2.45, 2.75) is 158 Å². The molecule has 0 N–H and O–H groups in total. The number of pyridine rings is 2. The number of fused-ring (bicyclic) bond motifs is 4. The molecule has 7 rings (SSSR count). The van der Waals surface area contributed by atoms with Crippen LogP contribution in [0.5, 0.6) is 0 Å². The molecule has 2 aromatic heterocycles. The van der Waals surface area contributed by atoms with Crippen molar-refractivity contribution in [3.63, 3.8) is 0 Å². The fraction of sp³-hybridized carbons (Fsp3) is 0.429. The molecule has 0 saturated carbocycles. The van der Waals surface area contributed by atoms with Gasteiger partial charge in [-0.2, -0.15) is 0 Å². The Bertz CT molecular complexity index is 2680. The number of benzene rings is 5. The molecular formula is C56H68N2O2. The molecule has 4 nitrogen and oxygen atoms in total. The Balaban J connectivity index is 1.80. The van der Waals surface area contributed by atoms with Gasteiger partial charge in [0.15, 0.2) is 10.9 Å². The first kappa shape index (κ1) is 43.1. The number of aromatic nitrogens is 2. The molecule has 0 aliphatic carbocycles. The average Bonchev–Trinajstić information content (AvgIpc) is 3.19. The van der Waals surface area contributed by atoms with Crippen LogP contribution >= 0.6 is 0 Å². The van der Waals surface area contributed by atoms with Gasteiger partial charge in [-0.05, 0) is 153 Å². The molecule has 0 saturated heterocycles. The Morgan fingerprint density at radius 3 is 0.767 bits per heavy atom. The molecule has 0 aliphatic heterocycles. The van der Waals surface area contributed by atoms with Gasteiger partial charge in [-0.3, -0.25) is 9.59 Å². The van der Waals surface area contributed by atoms with Crippen LogP contribution in [0.4, 0.5) is 0 Å². The van der Waals surface area contributed by atoms with E-state index in [1.807, 2.05) is 12.1 Å². The Hall–Kier alpha value is -4.96. The summed E-state index contributed by atoms with van der Waals surface area (Å²) in [5.74, 6) is 2.24. The van der Waals surface area contributed by atoms with Gasteiger partial charge >= 0.3 is 0 Å². The van der Waals surface area contributed by atoms with Crippen molar-refractivity contribution < 1.29 is 0 Å². The van der Waals surface area contributed by atoms with Crippen molar-refractivity contribution in [1.82, 2.24) is 9.13 Å². The van der Waals surface area contributed by atoms with Gasteiger partial charge in [-0.25, -0.2) is 0 Å². The number of nitrogens with zero attached hydrogens (tertiary/aromatic N) is 2. The molecule has 0 spiro atoms. The van der Waals surface area contributed by atoms with Crippen molar-refractivity contribution in [2.24, 2.45) is 0 Å².